The van der Waals surface area contributed by atoms with Crippen molar-refractivity contribution in [2.75, 3.05) is 17.2 Å². The molecule has 1 aliphatic rings. The van der Waals surface area contributed by atoms with Gasteiger partial charge in [0.15, 0.2) is 0 Å². The molecule has 2 N–H and O–H groups in total. The van der Waals surface area contributed by atoms with Gasteiger partial charge >= 0.3 is 6.03 Å². The minimum absolute atomic E-state index is 0.0341. The Labute approximate surface area is 200 Å². The van der Waals surface area contributed by atoms with Crippen molar-refractivity contribution in [3.8, 4) is 5.69 Å². The zero-order chi connectivity index (χ0) is 24.4. The Balaban J connectivity index is 1.48. The number of aryl methyl sites for hydroxylation is 1. The van der Waals surface area contributed by atoms with E-state index in [1.165, 1.54) is 33.9 Å². The lowest BCUT2D eigenvalue weighted by Crippen LogP contribution is -2.45. The van der Waals surface area contributed by atoms with Gasteiger partial charge in [0, 0.05) is 31.1 Å². The monoisotopic (exact) mass is 483 g/mol. The van der Waals surface area contributed by atoms with Gasteiger partial charge in [-0.05, 0) is 55.2 Å². The topological polar surface area (TPSA) is 96.3 Å². The highest BCUT2D eigenvalue weighted by atomic mass is 35.5. The van der Waals surface area contributed by atoms with E-state index in [1.807, 2.05) is 6.92 Å². The molecular weight excluding hydrogens is 461 g/mol. The molecule has 0 spiro atoms. The van der Waals surface area contributed by atoms with Crippen molar-refractivity contribution in [1.29, 1.82) is 0 Å². The quantitative estimate of drug-likeness (QED) is 0.581. The standard InChI is InChI=1S/C24H23ClFN5O3/c1-14-7-8-30(22(32)10-14)17-4-5-19(18(26)11-17)28-23(33)20-9-15(2)13-31(20)24(34)29-21-6-3-16(25)12-27-21/h3-8,10-12,15,20H,9,13H2,1-2H3,(H,28,33)(H,27,29,34). The van der Waals surface area contributed by atoms with Gasteiger partial charge in [-0.1, -0.05) is 18.5 Å². The van der Waals surface area contributed by atoms with Gasteiger partial charge in [0.25, 0.3) is 5.56 Å². The Morgan fingerprint density at radius 3 is 2.62 bits per heavy atom. The molecule has 1 aliphatic heterocycles. The predicted molar refractivity (Wildman–Crippen MR) is 128 cm³/mol. The van der Waals surface area contributed by atoms with Crippen LogP contribution in [0.1, 0.15) is 18.9 Å². The molecule has 0 aliphatic carbocycles. The number of anilines is 2. The molecule has 0 saturated carbocycles. The Bertz CT molecular complexity index is 1290. The molecule has 176 valence electrons. The van der Waals surface area contributed by atoms with E-state index in [9.17, 15) is 18.8 Å². The van der Waals surface area contributed by atoms with Gasteiger partial charge in [0.2, 0.25) is 5.91 Å². The van der Waals surface area contributed by atoms with Gasteiger partial charge in [-0.25, -0.2) is 14.2 Å². The van der Waals surface area contributed by atoms with Gasteiger partial charge in [0.05, 0.1) is 16.4 Å². The third kappa shape index (κ3) is 5.09. The molecule has 3 aromatic rings. The lowest BCUT2D eigenvalue weighted by Gasteiger charge is -2.24. The fraction of sp³-hybridized carbons (Fsp3) is 0.250. The van der Waals surface area contributed by atoms with Crippen molar-refractivity contribution in [3.63, 3.8) is 0 Å². The summed E-state index contributed by atoms with van der Waals surface area (Å²) < 4.78 is 16.1. The van der Waals surface area contributed by atoms with E-state index < -0.39 is 23.8 Å². The molecule has 2 unspecified atom stereocenters. The van der Waals surface area contributed by atoms with Crippen LogP contribution in [-0.2, 0) is 4.79 Å². The van der Waals surface area contributed by atoms with Crippen LogP contribution in [0.2, 0.25) is 5.02 Å². The van der Waals surface area contributed by atoms with Gasteiger partial charge in [0.1, 0.15) is 17.7 Å². The van der Waals surface area contributed by atoms with Crippen molar-refractivity contribution >= 4 is 35.0 Å². The number of rotatable bonds is 4. The number of aromatic nitrogens is 2. The van der Waals surface area contributed by atoms with Crippen LogP contribution in [0, 0.1) is 18.7 Å². The summed E-state index contributed by atoms with van der Waals surface area (Å²) in [7, 11) is 0. The van der Waals surface area contributed by atoms with Gasteiger partial charge in [-0.15, -0.1) is 0 Å². The molecule has 0 radical (unpaired) electrons. The molecule has 3 heterocycles. The molecule has 1 aromatic carbocycles. The Morgan fingerprint density at radius 2 is 1.94 bits per heavy atom. The van der Waals surface area contributed by atoms with E-state index >= 15 is 0 Å². The van der Waals surface area contributed by atoms with E-state index in [4.69, 9.17) is 11.6 Å². The van der Waals surface area contributed by atoms with Crippen molar-refractivity contribution in [2.24, 2.45) is 5.92 Å². The Morgan fingerprint density at radius 1 is 1.15 bits per heavy atom. The second-order valence-electron chi connectivity index (χ2n) is 8.37. The molecule has 0 bridgehead atoms. The number of urea groups is 1. The minimum atomic E-state index is -0.777. The number of carbonyl (C=O) groups is 2. The molecular formula is C24H23ClFN5O3. The third-order valence-corrected chi connectivity index (χ3v) is 5.82. The summed E-state index contributed by atoms with van der Waals surface area (Å²) in [6.45, 7) is 4.10. The average molecular weight is 484 g/mol. The molecule has 3 amide bonds. The van der Waals surface area contributed by atoms with Crippen molar-refractivity contribution in [3.05, 3.63) is 81.6 Å². The predicted octanol–water partition coefficient (Wildman–Crippen LogP) is 4.21. The number of benzene rings is 1. The van der Waals surface area contributed by atoms with Crippen LogP contribution in [0.5, 0.6) is 0 Å². The van der Waals surface area contributed by atoms with E-state index in [1.54, 1.807) is 37.4 Å². The third-order valence-electron chi connectivity index (χ3n) is 5.60. The fourth-order valence-corrected chi connectivity index (χ4v) is 4.02. The molecule has 34 heavy (non-hydrogen) atoms. The fourth-order valence-electron chi connectivity index (χ4n) is 3.91. The van der Waals surface area contributed by atoms with Gasteiger partial charge < -0.3 is 10.2 Å². The molecule has 1 saturated heterocycles. The zero-order valence-corrected chi connectivity index (χ0v) is 19.3. The number of nitrogens with zero attached hydrogens (tertiary/aromatic N) is 3. The van der Waals surface area contributed by atoms with E-state index in [0.29, 0.717) is 29.5 Å². The molecule has 2 aromatic heterocycles. The largest absolute Gasteiger partial charge is 0.323 e. The number of likely N-dealkylation sites (tertiary alicyclic amines) is 1. The number of nitrogens with one attached hydrogen (secondary N) is 2. The molecule has 10 heteroatoms. The number of pyridine rings is 2. The van der Waals surface area contributed by atoms with Gasteiger partial charge in [-0.2, -0.15) is 0 Å². The first kappa shape index (κ1) is 23.4. The lowest BCUT2D eigenvalue weighted by molar-refractivity contribution is -0.119. The van der Waals surface area contributed by atoms with Crippen LogP contribution < -0.4 is 16.2 Å². The normalized spacial score (nSPS) is 17.5. The van der Waals surface area contributed by atoms with E-state index in [2.05, 4.69) is 15.6 Å². The SMILES string of the molecule is Cc1ccn(-c2ccc(NC(=O)C3CC(C)CN3C(=O)Nc3ccc(Cl)cn3)c(F)c2)c(=O)c1. The van der Waals surface area contributed by atoms with Crippen LogP contribution in [0.4, 0.5) is 20.7 Å². The van der Waals surface area contributed by atoms with Crippen LogP contribution >= 0.6 is 11.6 Å². The summed E-state index contributed by atoms with van der Waals surface area (Å²) >= 11 is 5.82. The second-order valence-corrected chi connectivity index (χ2v) is 8.80. The summed E-state index contributed by atoms with van der Waals surface area (Å²) in [4.78, 5) is 43.4. The van der Waals surface area contributed by atoms with Crippen LogP contribution in [0.3, 0.4) is 0 Å². The first-order valence-corrected chi connectivity index (χ1v) is 11.1. The summed E-state index contributed by atoms with van der Waals surface area (Å²) in [5.41, 5.74) is 0.824. The average Bonchev–Trinajstić information content (AvgIpc) is 3.19. The summed E-state index contributed by atoms with van der Waals surface area (Å²) in [6, 6.07) is 9.22. The van der Waals surface area contributed by atoms with Crippen molar-refractivity contribution in [1.82, 2.24) is 14.5 Å². The van der Waals surface area contributed by atoms with Crippen LogP contribution in [-0.4, -0.2) is 39.0 Å². The molecule has 4 rings (SSSR count). The van der Waals surface area contributed by atoms with Crippen LogP contribution in [0.15, 0.2) is 59.7 Å². The van der Waals surface area contributed by atoms with E-state index in [0.717, 1.165) is 5.56 Å². The number of halogens is 2. The van der Waals surface area contributed by atoms with Gasteiger partial charge in [-0.3, -0.25) is 19.5 Å². The molecule has 2 atom stereocenters. The number of carbonyl (C=O) groups excluding carboxylic acids is 2. The highest BCUT2D eigenvalue weighted by Crippen LogP contribution is 2.26. The minimum Gasteiger partial charge on any atom is -0.322 e. The number of hydrogen-bond donors (Lipinski definition) is 2. The van der Waals surface area contributed by atoms with E-state index in [-0.39, 0.29) is 17.2 Å². The number of amides is 3. The molecule has 1 fully saturated rings. The smallest absolute Gasteiger partial charge is 0.322 e. The maximum absolute atomic E-state index is 14.8. The summed E-state index contributed by atoms with van der Waals surface area (Å²) in [5.74, 6) is -0.796. The molecule has 8 nitrogen and oxygen atoms in total. The zero-order valence-electron chi connectivity index (χ0n) is 18.6. The number of hydrogen-bond acceptors (Lipinski definition) is 4. The highest BCUT2D eigenvalue weighted by molar-refractivity contribution is 6.30. The second kappa shape index (κ2) is 9.64. The van der Waals surface area contributed by atoms with Crippen LogP contribution in [0.25, 0.3) is 5.69 Å². The maximum Gasteiger partial charge on any atom is 0.323 e. The summed E-state index contributed by atoms with van der Waals surface area (Å²) in [5, 5.41) is 5.67. The first-order valence-electron chi connectivity index (χ1n) is 10.7. The highest BCUT2D eigenvalue weighted by Gasteiger charge is 2.38. The first-order chi connectivity index (χ1) is 16.2. The Kier molecular flexibility index (Phi) is 6.65. The maximum atomic E-state index is 14.8. The van der Waals surface area contributed by atoms with Crippen molar-refractivity contribution < 1.29 is 14.0 Å². The van der Waals surface area contributed by atoms with Crippen molar-refractivity contribution in [2.45, 2.75) is 26.3 Å². The Hall–Kier alpha value is -3.72. The lowest BCUT2D eigenvalue weighted by atomic mass is 10.1. The summed E-state index contributed by atoms with van der Waals surface area (Å²) in [6.07, 6.45) is 3.41.